The summed E-state index contributed by atoms with van der Waals surface area (Å²) in [6.45, 7) is 6.37. The first-order chi connectivity index (χ1) is 20.9. The summed E-state index contributed by atoms with van der Waals surface area (Å²) in [6, 6.07) is 10.9. The van der Waals surface area contributed by atoms with Crippen LogP contribution in [0.4, 0.5) is 0 Å². The number of amides is 2. The van der Waals surface area contributed by atoms with Crippen LogP contribution in [0.25, 0.3) is 0 Å². The topological polar surface area (TPSA) is 138 Å². The normalized spacial score (nSPS) is 21.7. The largest absolute Gasteiger partial charge is 0.493 e. The van der Waals surface area contributed by atoms with Gasteiger partial charge in [0.2, 0.25) is 0 Å². The predicted molar refractivity (Wildman–Crippen MR) is 158 cm³/mol. The van der Waals surface area contributed by atoms with Crippen molar-refractivity contribution in [2.45, 2.75) is 70.5 Å². The summed E-state index contributed by atoms with van der Waals surface area (Å²) in [5, 5.41) is 24.2. The third kappa shape index (κ3) is 6.24. The number of morpholine rings is 1. The Hall–Kier alpha value is -3.93. The van der Waals surface area contributed by atoms with Gasteiger partial charge in [0, 0.05) is 24.7 Å². The number of nitrogens with zero attached hydrogens (tertiary/aromatic N) is 2. The van der Waals surface area contributed by atoms with Crippen LogP contribution in [-0.4, -0.2) is 82.6 Å². The van der Waals surface area contributed by atoms with Crippen LogP contribution in [0.2, 0.25) is 0 Å². The number of nitrogens with one attached hydrogen (secondary N) is 3. The lowest BCUT2D eigenvalue weighted by Gasteiger charge is -2.34. The Kier molecular flexibility index (Phi) is 8.64. The van der Waals surface area contributed by atoms with E-state index in [1.54, 1.807) is 24.4 Å². The van der Waals surface area contributed by atoms with Crippen molar-refractivity contribution in [3.8, 4) is 11.5 Å². The molecule has 11 heteroatoms. The van der Waals surface area contributed by atoms with Crippen LogP contribution >= 0.6 is 0 Å². The van der Waals surface area contributed by atoms with Crippen LogP contribution < -0.4 is 20.1 Å². The number of H-pyrrole nitrogens is 1. The zero-order valence-electron chi connectivity index (χ0n) is 24.6. The van der Waals surface area contributed by atoms with Gasteiger partial charge in [-0.15, -0.1) is 0 Å². The molecule has 2 bridgehead atoms. The van der Waals surface area contributed by atoms with Crippen molar-refractivity contribution in [1.82, 2.24) is 25.7 Å². The quantitative estimate of drug-likeness (QED) is 0.283. The minimum Gasteiger partial charge on any atom is -0.493 e. The molecular weight excluding hydrogens is 550 g/mol. The molecule has 2 amide bonds. The summed E-state index contributed by atoms with van der Waals surface area (Å²) in [6.07, 6.45) is 3.48. The minimum atomic E-state index is -0.801. The Morgan fingerprint density at radius 3 is 2.70 bits per heavy atom. The van der Waals surface area contributed by atoms with E-state index in [1.165, 1.54) is 0 Å². The Balaban J connectivity index is 1.05. The Bertz CT molecular complexity index is 1460. The number of hydrogen-bond acceptors (Lipinski definition) is 8. The highest BCUT2D eigenvalue weighted by molar-refractivity contribution is 6.00. The van der Waals surface area contributed by atoms with Gasteiger partial charge in [0.25, 0.3) is 11.8 Å². The summed E-state index contributed by atoms with van der Waals surface area (Å²) in [5.74, 6) is 0.704. The van der Waals surface area contributed by atoms with Gasteiger partial charge >= 0.3 is 0 Å². The van der Waals surface area contributed by atoms with Gasteiger partial charge in [-0.1, -0.05) is 6.07 Å². The number of hydrogen-bond donors (Lipinski definition) is 4. The third-order valence-electron chi connectivity index (χ3n) is 8.67. The van der Waals surface area contributed by atoms with Crippen molar-refractivity contribution in [2.75, 3.05) is 26.4 Å². The van der Waals surface area contributed by atoms with Gasteiger partial charge in [-0.3, -0.25) is 14.7 Å². The number of aromatic amines is 1. The van der Waals surface area contributed by atoms with E-state index >= 15 is 0 Å². The lowest BCUT2D eigenvalue weighted by molar-refractivity contribution is -0.00717. The summed E-state index contributed by atoms with van der Waals surface area (Å²) in [4.78, 5) is 28.5. The fourth-order valence-electron chi connectivity index (χ4n) is 6.21. The number of carbonyl (C=O) groups excluding carboxylic acids is 2. The van der Waals surface area contributed by atoms with Crippen LogP contribution in [0.1, 0.15) is 62.9 Å². The van der Waals surface area contributed by atoms with Crippen molar-refractivity contribution in [3.63, 3.8) is 0 Å². The number of aromatic nitrogens is 2. The van der Waals surface area contributed by atoms with Gasteiger partial charge in [0.15, 0.2) is 0 Å². The zero-order valence-corrected chi connectivity index (χ0v) is 24.6. The molecule has 3 aromatic rings. The predicted octanol–water partition coefficient (Wildman–Crippen LogP) is 2.50. The van der Waals surface area contributed by atoms with Crippen molar-refractivity contribution >= 4 is 11.8 Å². The van der Waals surface area contributed by atoms with E-state index < -0.39 is 6.10 Å². The van der Waals surface area contributed by atoms with Gasteiger partial charge in [0.05, 0.1) is 55.5 Å². The van der Waals surface area contributed by atoms with Gasteiger partial charge in [-0.2, -0.15) is 5.10 Å². The maximum absolute atomic E-state index is 13.4. The Morgan fingerprint density at radius 1 is 1.14 bits per heavy atom. The van der Waals surface area contributed by atoms with E-state index in [9.17, 15) is 14.7 Å². The highest BCUT2D eigenvalue weighted by Crippen LogP contribution is 2.32. The molecule has 228 valence electrons. The molecule has 4 N–H and O–H groups in total. The second-order valence-electron chi connectivity index (χ2n) is 11.5. The first-order valence-corrected chi connectivity index (χ1v) is 15.0. The molecule has 11 nitrogen and oxygen atoms in total. The summed E-state index contributed by atoms with van der Waals surface area (Å²) < 4.78 is 17.3. The molecule has 2 aromatic carbocycles. The standard InChI is InChI=1S/C32H39N5O6/c1-3-42-30-12-21(32(40)37-23-6-7-24(37)17-41-16-23)5-9-26(30)31(39)34-15-29(38)27-11-20-4-8-25(10-22(20)14-33-27)43-18-28-19(2)13-35-36-28/h4-5,8-10,12-13,23-24,27,29,33,38H,3,6-7,11,14-18H2,1-2H3,(H,34,39)(H,35,36)/t23?,24?,27-,29+/m0/s1. The second-order valence-corrected chi connectivity index (χ2v) is 11.5. The van der Waals surface area contributed by atoms with Crippen molar-refractivity contribution in [2.24, 2.45) is 0 Å². The number of aliphatic hydroxyl groups excluding tert-OH is 1. The van der Waals surface area contributed by atoms with Crippen LogP contribution in [0.15, 0.2) is 42.6 Å². The monoisotopic (exact) mass is 589 g/mol. The lowest BCUT2D eigenvalue weighted by atomic mass is 9.92. The van der Waals surface area contributed by atoms with Crippen molar-refractivity contribution in [1.29, 1.82) is 0 Å². The molecule has 0 radical (unpaired) electrons. The second kappa shape index (κ2) is 12.7. The summed E-state index contributed by atoms with van der Waals surface area (Å²) in [5.41, 5.74) is 5.07. The highest BCUT2D eigenvalue weighted by atomic mass is 16.5. The average molecular weight is 590 g/mol. The Labute approximate surface area is 250 Å². The van der Waals surface area contributed by atoms with Crippen molar-refractivity contribution < 1.29 is 28.9 Å². The van der Waals surface area contributed by atoms with Gasteiger partial charge in [-0.25, -0.2) is 0 Å². The number of ether oxygens (including phenoxy) is 3. The molecule has 6 rings (SSSR count). The first-order valence-electron chi connectivity index (χ1n) is 15.0. The van der Waals surface area contributed by atoms with Gasteiger partial charge in [0.1, 0.15) is 18.1 Å². The fraction of sp³-hybridized carbons (Fsp3) is 0.469. The highest BCUT2D eigenvalue weighted by Gasteiger charge is 2.40. The maximum Gasteiger partial charge on any atom is 0.255 e. The Morgan fingerprint density at radius 2 is 1.95 bits per heavy atom. The number of aliphatic hydroxyl groups is 1. The van der Waals surface area contributed by atoms with E-state index in [0.29, 0.717) is 56.3 Å². The fourth-order valence-corrected chi connectivity index (χ4v) is 6.21. The number of fused-ring (bicyclic) bond motifs is 3. The molecule has 2 saturated heterocycles. The van der Waals surface area contributed by atoms with E-state index in [4.69, 9.17) is 14.2 Å². The molecule has 43 heavy (non-hydrogen) atoms. The van der Waals surface area contributed by atoms with E-state index in [2.05, 4.69) is 20.8 Å². The minimum absolute atomic E-state index is 0.0608. The van der Waals surface area contributed by atoms with Crippen molar-refractivity contribution in [3.05, 3.63) is 76.1 Å². The van der Waals surface area contributed by atoms with E-state index in [-0.39, 0.29) is 36.5 Å². The molecule has 0 spiro atoms. The van der Waals surface area contributed by atoms with Gasteiger partial charge in [-0.05, 0) is 80.1 Å². The SMILES string of the molecule is CCOc1cc(C(=O)N2C3CCC2COC3)ccc1C(=O)NC[C@@H](O)[C@@H]1Cc2ccc(OCc3[nH]ncc3C)cc2CN1. The van der Waals surface area contributed by atoms with Crippen LogP contribution in [0.5, 0.6) is 11.5 Å². The number of aryl methyl sites for hydroxylation is 1. The molecule has 1 aromatic heterocycles. The maximum atomic E-state index is 13.4. The summed E-state index contributed by atoms with van der Waals surface area (Å²) in [7, 11) is 0. The molecule has 4 heterocycles. The first kappa shape index (κ1) is 29.2. The average Bonchev–Trinajstić information content (AvgIpc) is 3.55. The molecule has 2 fully saturated rings. The molecule has 0 aliphatic carbocycles. The third-order valence-corrected chi connectivity index (χ3v) is 8.67. The van der Waals surface area contributed by atoms with E-state index in [0.717, 1.165) is 41.0 Å². The molecule has 3 aliphatic rings. The number of carbonyl (C=O) groups is 2. The number of benzene rings is 2. The molecule has 2 unspecified atom stereocenters. The molecule has 0 saturated carbocycles. The van der Waals surface area contributed by atoms with Crippen LogP contribution in [0, 0.1) is 6.92 Å². The van der Waals surface area contributed by atoms with E-state index in [1.807, 2.05) is 36.9 Å². The molecule has 3 aliphatic heterocycles. The summed E-state index contributed by atoms with van der Waals surface area (Å²) >= 11 is 0. The molecule has 4 atom stereocenters. The van der Waals surface area contributed by atoms with Crippen LogP contribution in [0.3, 0.4) is 0 Å². The smallest absolute Gasteiger partial charge is 0.255 e. The number of rotatable bonds is 10. The molecular formula is C32H39N5O6. The zero-order chi connectivity index (χ0) is 29.9. The van der Waals surface area contributed by atoms with Gasteiger partial charge < -0.3 is 34.9 Å². The van der Waals surface area contributed by atoms with Crippen LogP contribution in [-0.2, 0) is 24.3 Å². The lowest BCUT2D eigenvalue weighted by Crippen LogP contribution is -2.49.